The third-order valence-corrected chi connectivity index (χ3v) is 10.3. The van der Waals surface area contributed by atoms with Gasteiger partial charge in [0.25, 0.3) is 5.91 Å². The van der Waals surface area contributed by atoms with Gasteiger partial charge >= 0.3 is 5.97 Å². The van der Waals surface area contributed by atoms with Gasteiger partial charge in [0, 0.05) is 73.2 Å². The number of para-hydroxylation sites is 2. The molecule has 4 aromatic heterocycles. The van der Waals surface area contributed by atoms with Gasteiger partial charge in [-0.1, -0.05) is 36.4 Å². The fraction of sp³-hybridized carbons (Fsp3) is 0.170. The number of ether oxygens (including phenoxy) is 5. The normalized spacial score (nSPS) is 10.1. The summed E-state index contributed by atoms with van der Waals surface area (Å²) < 4.78 is 26.3. The van der Waals surface area contributed by atoms with Crippen molar-refractivity contribution < 1.29 is 45.7 Å². The lowest BCUT2D eigenvalue weighted by molar-refractivity contribution is -0.0000381. The quantitative estimate of drug-likeness (QED) is 0.128. The number of methoxy groups -OCH3 is 5. The molecule has 1 amide bonds. The van der Waals surface area contributed by atoms with Crippen molar-refractivity contribution in [3.63, 3.8) is 0 Å². The molecule has 16 heteroatoms. The summed E-state index contributed by atoms with van der Waals surface area (Å²) in [5.74, 6) is 1.85. The van der Waals surface area contributed by atoms with Crippen molar-refractivity contribution in [1.82, 2.24) is 35.2 Å². The molecule has 15 nitrogen and oxygen atoms in total. The topological polar surface area (TPSA) is 196 Å². The Hall–Kier alpha value is -8.27. The van der Waals surface area contributed by atoms with Crippen LogP contribution in [0, 0.1) is 0 Å². The third-order valence-electron chi connectivity index (χ3n) is 10.3. The van der Waals surface area contributed by atoms with Crippen LogP contribution >= 0.6 is 0 Å². The molecule has 0 aliphatic carbocycles. The van der Waals surface area contributed by atoms with E-state index in [1.807, 2.05) is 103 Å². The Morgan fingerprint density at radius 3 is 1.41 bits per heavy atom. The Kier molecular flexibility index (Phi) is 20.1. The molecule has 0 aliphatic heterocycles. The maximum absolute atomic E-state index is 12.9. The van der Waals surface area contributed by atoms with E-state index in [0.29, 0.717) is 48.6 Å². The average molecular weight is 949 g/mol. The number of nitrogens with two attached hydrogens (primary N) is 1. The maximum atomic E-state index is 12.9. The molecule has 8 rings (SSSR count). The van der Waals surface area contributed by atoms with Crippen molar-refractivity contribution in [3.8, 4) is 45.5 Å². The molecule has 0 bridgehead atoms. The number of carbonyl (C=O) groups excluding carboxylic acids is 2. The van der Waals surface area contributed by atoms with E-state index >= 15 is 0 Å². The van der Waals surface area contributed by atoms with Crippen molar-refractivity contribution >= 4 is 11.9 Å². The van der Waals surface area contributed by atoms with Crippen molar-refractivity contribution in [3.05, 3.63) is 204 Å². The van der Waals surface area contributed by atoms with Gasteiger partial charge in [-0.3, -0.25) is 14.8 Å². The summed E-state index contributed by atoms with van der Waals surface area (Å²) >= 11 is 0. The number of hydrogen-bond donors (Lipinski definition) is 2. The molecule has 3 N–H and O–H groups in total. The molecule has 0 saturated carbocycles. The highest BCUT2D eigenvalue weighted by Gasteiger charge is 2.16. The minimum atomic E-state index is -0.439. The van der Waals surface area contributed by atoms with Gasteiger partial charge in [0.15, 0.2) is 0 Å². The second kappa shape index (κ2) is 26.8. The fourth-order valence-corrected chi connectivity index (χ4v) is 6.89. The van der Waals surface area contributed by atoms with E-state index in [4.69, 9.17) is 29.4 Å². The van der Waals surface area contributed by atoms with Crippen LogP contribution in [0.15, 0.2) is 159 Å². The molecule has 69 heavy (non-hydrogen) atoms. The van der Waals surface area contributed by atoms with E-state index in [1.165, 1.54) is 20.5 Å². The molecule has 0 radical (unpaired) electrons. The number of pyridine rings is 2. The summed E-state index contributed by atoms with van der Waals surface area (Å²) in [5.41, 5.74) is 15.1. The van der Waals surface area contributed by atoms with Crippen LogP contribution in [0.2, 0.25) is 0 Å². The Morgan fingerprint density at radius 1 is 0.507 bits per heavy atom. The first-order valence-electron chi connectivity index (χ1n) is 21.3. The van der Waals surface area contributed by atoms with Crippen LogP contribution in [0.5, 0.6) is 23.0 Å². The van der Waals surface area contributed by atoms with E-state index < -0.39 is 5.97 Å². The van der Waals surface area contributed by atoms with E-state index in [0.717, 1.165) is 67.7 Å². The number of rotatable bonds is 15. The second-order valence-electron chi connectivity index (χ2n) is 14.7. The lowest BCUT2D eigenvalue weighted by Crippen LogP contribution is -3.00. The molecule has 4 aromatic carbocycles. The Labute approximate surface area is 407 Å². The van der Waals surface area contributed by atoms with Crippen LogP contribution in [0.1, 0.15) is 54.4 Å². The van der Waals surface area contributed by atoms with Crippen molar-refractivity contribution in [1.29, 1.82) is 0 Å². The molecule has 0 fully saturated rings. The first kappa shape index (κ1) is 51.7. The standard InChI is InChI=1S/C26H24N4O3.C21H20N2O4.C6H8N2.ClH/c1-32-24-6-4-3-5-21(24)23-15-20(29-17-30-23)13-19-7-8-25(33-2)22(14-19)26(31)28-16-18-9-11-27-12-10-18;1-25-19-7-5-4-6-16(19)18-12-15(22-13-23-18)10-14-8-9-20(26-2)17(11-14)21(24)27-3;7-5-6-1-3-8-4-2-6;/h3-12,14-15,17H,13,16H2,1-2H3,(H,28,31);4-9,11-13H,10H2,1-3H3;1-4H,5,7H2;1H/p-1. The summed E-state index contributed by atoms with van der Waals surface area (Å²) in [4.78, 5) is 50.2. The Bertz CT molecular complexity index is 2890. The summed E-state index contributed by atoms with van der Waals surface area (Å²) in [7, 11) is 7.69. The minimum absolute atomic E-state index is 0. The number of carbonyl (C=O) groups is 2. The zero-order valence-electron chi connectivity index (χ0n) is 38.8. The van der Waals surface area contributed by atoms with Crippen molar-refractivity contribution in [2.24, 2.45) is 5.73 Å². The average Bonchev–Trinajstić information content (AvgIpc) is 3.40. The highest BCUT2D eigenvalue weighted by Crippen LogP contribution is 2.30. The van der Waals surface area contributed by atoms with Gasteiger partial charge in [-0.25, -0.2) is 24.7 Å². The van der Waals surface area contributed by atoms with Crippen LogP contribution in [0.3, 0.4) is 0 Å². The molecule has 354 valence electrons. The van der Waals surface area contributed by atoms with Gasteiger partial charge in [0.1, 0.15) is 41.2 Å². The van der Waals surface area contributed by atoms with E-state index in [2.05, 4.69) is 35.2 Å². The number of esters is 1. The van der Waals surface area contributed by atoms with Crippen LogP contribution in [0.4, 0.5) is 0 Å². The first-order valence-corrected chi connectivity index (χ1v) is 21.3. The molecule has 8 aromatic rings. The predicted molar refractivity (Wildman–Crippen MR) is 259 cm³/mol. The van der Waals surface area contributed by atoms with Crippen LogP contribution in [-0.4, -0.2) is 77.3 Å². The summed E-state index contributed by atoms with van der Waals surface area (Å²) in [6.45, 7) is 1.01. The van der Waals surface area contributed by atoms with Gasteiger partial charge in [0.2, 0.25) is 0 Å². The number of hydrogen-bond acceptors (Lipinski definition) is 14. The van der Waals surface area contributed by atoms with Crippen LogP contribution in [0.25, 0.3) is 22.5 Å². The molecular formula is C53H52ClN8O7-. The Morgan fingerprint density at radius 2 is 0.957 bits per heavy atom. The monoisotopic (exact) mass is 947 g/mol. The van der Waals surface area contributed by atoms with Crippen molar-refractivity contribution in [2.75, 3.05) is 35.5 Å². The fourth-order valence-electron chi connectivity index (χ4n) is 6.89. The van der Waals surface area contributed by atoms with Gasteiger partial charge in [-0.15, -0.1) is 0 Å². The maximum Gasteiger partial charge on any atom is 0.341 e. The molecule has 0 spiro atoms. The molecule has 4 heterocycles. The first-order chi connectivity index (χ1) is 33.3. The SMILES string of the molecule is COC(=O)c1cc(Cc2cc(-c3ccccc3OC)ncn2)ccc1OC.COc1ccc(Cc2cc(-c3ccccc3OC)ncn2)cc1C(=O)NCc1ccncc1.NCc1ccncc1.[Cl-]. The number of nitrogens with zero attached hydrogens (tertiary/aromatic N) is 6. The molecule has 0 aliphatic rings. The van der Waals surface area contributed by atoms with Gasteiger partial charge < -0.3 is 47.1 Å². The number of benzene rings is 4. The number of amides is 1. The largest absolute Gasteiger partial charge is 1.00 e. The zero-order valence-corrected chi connectivity index (χ0v) is 39.6. The van der Waals surface area contributed by atoms with E-state index in [-0.39, 0.29) is 18.3 Å². The summed E-state index contributed by atoms with van der Waals surface area (Å²) in [6.07, 6.45) is 11.0. The molecular weight excluding hydrogens is 896 g/mol. The molecule has 0 saturated heterocycles. The minimum Gasteiger partial charge on any atom is -1.00 e. The highest BCUT2D eigenvalue weighted by molar-refractivity contribution is 5.97. The molecule has 0 unspecified atom stereocenters. The highest BCUT2D eigenvalue weighted by atomic mass is 35.5. The van der Waals surface area contributed by atoms with Gasteiger partial charge in [0.05, 0.1) is 52.5 Å². The van der Waals surface area contributed by atoms with Gasteiger partial charge in [-0.05, 0) is 107 Å². The summed E-state index contributed by atoms with van der Waals surface area (Å²) in [6, 6.07) is 37.8. The van der Waals surface area contributed by atoms with Crippen LogP contribution in [-0.2, 0) is 30.7 Å². The number of halogens is 1. The van der Waals surface area contributed by atoms with E-state index in [9.17, 15) is 9.59 Å². The lowest BCUT2D eigenvalue weighted by atomic mass is 10.0. The number of nitrogens with one attached hydrogen (secondary N) is 1. The smallest absolute Gasteiger partial charge is 0.341 e. The lowest BCUT2D eigenvalue weighted by Gasteiger charge is -2.12. The van der Waals surface area contributed by atoms with Gasteiger partial charge in [-0.2, -0.15) is 0 Å². The second-order valence-corrected chi connectivity index (χ2v) is 14.7. The summed E-state index contributed by atoms with van der Waals surface area (Å²) in [5, 5.41) is 2.94. The van der Waals surface area contributed by atoms with Crippen LogP contribution < -0.4 is 42.4 Å². The molecule has 0 atom stereocenters. The zero-order chi connectivity index (χ0) is 48.1. The predicted octanol–water partition coefficient (Wildman–Crippen LogP) is 5.16. The Balaban J connectivity index is 0.000000222. The van der Waals surface area contributed by atoms with Crippen molar-refractivity contribution in [2.45, 2.75) is 25.9 Å². The number of aromatic nitrogens is 6. The van der Waals surface area contributed by atoms with E-state index in [1.54, 1.807) is 70.6 Å². The third kappa shape index (κ3) is 14.6.